The van der Waals surface area contributed by atoms with Crippen LogP contribution in [0.4, 0.5) is 0 Å². The molecule has 0 spiro atoms. The zero-order chi connectivity index (χ0) is 21.9. The van der Waals surface area contributed by atoms with Gasteiger partial charge in [0.25, 0.3) is 0 Å². The van der Waals surface area contributed by atoms with Crippen LogP contribution < -0.4 is 10.6 Å². The van der Waals surface area contributed by atoms with Gasteiger partial charge in [0.05, 0.1) is 0 Å². The lowest BCUT2D eigenvalue weighted by molar-refractivity contribution is 0.0261. The second kappa shape index (κ2) is 9.74. The van der Waals surface area contributed by atoms with Crippen LogP contribution >= 0.6 is 0 Å². The molecule has 0 heterocycles. The predicted octanol–water partition coefficient (Wildman–Crippen LogP) is 6.43. The van der Waals surface area contributed by atoms with E-state index < -0.39 is 0 Å². The van der Waals surface area contributed by atoms with Crippen molar-refractivity contribution in [3.05, 3.63) is 34.9 Å². The molecule has 170 valence electrons. The summed E-state index contributed by atoms with van der Waals surface area (Å²) < 4.78 is 0. The molecule has 0 amide bonds. The van der Waals surface area contributed by atoms with E-state index in [1.165, 1.54) is 44.1 Å². The van der Waals surface area contributed by atoms with Crippen LogP contribution in [0.15, 0.2) is 18.2 Å². The molecule has 1 aromatic rings. The minimum atomic E-state index is 0.349. The highest BCUT2D eigenvalue weighted by atomic mass is 15.0. The fourth-order valence-electron chi connectivity index (χ4n) is 6.79. The number of hydrogen-bond acceptors (Lipinski definition) is 2. The van der Waals surface area contributed by atoms with E-state index in [-0.39, 0.29) is 0 Å². The highest BCUT2D eigenvalue weighted by Crippen LogP contribution is 2.57. The first-order chi connectivity index (χ1) is 14.2. The van der Waals surface area contributed by atoms with Crippen LogP contribution in [0.3, 0.4) is 0 Å². The molecule has 0 aromatic heterocycles. The van der Waals surface area contributed by atoms with E-state index in [1.807, 2.05) is 0 Å². The summed E-state index contributed by atoms with van der Waals surface area (Å²) in [6.07, 6.45) is 7.97. The van der Waals surface area contributed by atoms with Crippen molar-refractivity contribution >= 4 is 0 Å². The molecule has 0 bridgehead atoms. The van der Waals surface area contributed by atoms with Crippen molar-refractivity contribution in [1.29, 1.82) is 0 Å². The Bertz CT molecular complexity index is 694. The van der Waals surface area contributed by atoms with E-state index in [4.69, 9.17) is 0 Å². The Kier molecular flexibility index (Phi) is 7.72. The monoisotopic (exact) mass is 412 g/mol. The van der Waals surface area contributed by atoms with Gasteiger partial charge in [-0.2, -0.15) is 0 Å². The quantitative estimate of drug-likeness (QED) is 0.456. The van der Waals surface area contributed by atoms with Crippen LogP contribution in [-0.4, -0.2) is 25.7 Å². The van der Waals surface area contributed by atoms with Crippen LogP contribution in [0.2, 0.25) is 0 Å². The molecule has 2 aliphatic carbocycles. The van der Waals surface area contributed by atoms with E-state index in [9.17, 15) is 0 Å². The number of benzene rings is 1. The second-order valence-electron chi connectivity index (χ2n) is 11.7. The van der Waals surface area contributed by atoms with Crippen LogP contribution in [0.25, 0.3) is 0 Å². The maximum atomic E-state index is 3.84. The minimum absolute atomic E-state index is 0.349. The van der Waals surface area contributed by atoms with Gasteiger partial charge >= 0.3 is 0 Å². The molecule has 2 N–H and O–H groups in total. The third kappa shape index (κ3) is 5.13. The highest BCUT2D eigenvalue weighted by molar-refractivity contribution is 5.42. The summed E-state index contributed by atoms with van der Waals surface area (Å²) in [6.45, 7) is 20.0. The van der Waals surface area contributed by atoms with Gasteiger partial charge in [-0.05, 0) is 84.3 Å². The summed E-state index contributed by atoms with van der Waals surface area (Å²) in [4.78, 5) is 0. The molecule has 0 radical (unpaired) electrons. The number of nitrogens with one attached hydrogen (secondary N) is 2. The van der Waals surface area contributed by atoms with Gasteiger partial charge < -0.3 is 10.6 Å². The molecule has 30 heavy (non-hydrogen) atoms. The molecule has 3 rings (SSSR count). The molecular weight excluding hydrogens is 364 g/mol. The molecule has 1 fully saturated rings. The molecule has 1 saturated carbocycles. The molecule has 2 nitrogen and oxygen atoms in total. The Labute approximate surface area is 187 Å². The zero-order valence-electron chi connectivity index (χ0n) is 20.9. The van der Waals surface area contributed by atoms with Gasteiger partial charge in [-0.25, -0.2) is 0 Å². The van der Waals surface area contributed by atoms with Crippen LogP contribution in [0, 0.1) is 17.3 Å². The summed E-state index contributed by atoms with van der Waals surface area (Å²) in [7, 11) is 0. The Morgan fingerprint density at radius 1 is 1.03 bits per heavy atom. The molecule has 0 saturated heterocycles. The van der Waals surface area contributed by atoms with Crippen LogP contribution in [-0.2, 0) is 11.8 Å². The topological polar surface area (TPSA) is 24.1 Å². The van der Waals surface area contributed by atoms with E-state index in [2.05, 4.69) is 77.3 Å². The van der Waals surface area contributed by atoms with Crippen molar-refractivity contribution in [2.24, 2.45) is 17.3 Å². The van der Waals surface area contributed by atoms with Crippen LogP contribution in [0.1, 0.15) is 103 Å². The fourth-order valence-corrected chi connectivity index (χ4v) is 6.79. The van der Waals surface area contributed by atoms with Gasteiger partial charge in [-0.3, -0.25) is 0 Å². The van der Waals surface area contributed by atoms with Gasteiger partial charge in [-0.15, -0.1) is 0 Å². The third-order valence-electron chi connectivity index (χ3n) is 8.32. The molecule has 2 heteroatoms. The van der Waals surface area contributed by atoms with Crippen molar-refractivity contribution in [3.63, 3.8) is 0 Å². The maximum absolute atomic E-state index is 3.84. The van der Waals surface area contributed by atoms with Crippen molar-refractivity contribution in [2.45, 2.75) is 104 Å². The number of rotatable bonds is 9. The smallest absolute Gasteiger partial charge is 0.00792 e. The Hall–Kier alpha value is -0.860. The van der Waals surface area contributed by atoms with Crippen molar-refractivity contribution in [1.82, 2.24) is 10.6 Å². The van der Waals surface area contributed by atoms with E-state index in [0.29, 0.717) is 22.8 Å². The first kappa shape index (κ1) is 23.8. The first-order valence-corrected chi connectivity index (χ1v) is 12.7. The summed E-state index contributed by atoms with van der Waals surface area (Å²) in [5.41, 5.74) is 5.57. The molecule has 1 unspecified atom stereocenters. The zero-order valence-corrected chi connectivity index (χ0v) is 20.9. The lowest BCUT2D eigenvalue weighted by atomic mass is 9.49. The lowest BCUT2D eigenvalue weighted by Crippen LogP contribution is -2.53. The van der Waals surface area contributed by atoms with Crippen LogP contribution in [0.5, 0.6) is 0 Å². The largest absolute Gasteiger partial charge is 0.315 e. The second-order valence-corrected chi connectivity index (χ2v) is 11.7. The summed E-state index contributed by atoms with van der Waals surface area (Å²) in [5, 5.41) is 7.53. The van der Waals surface area contributed by atoms with E-state index in [1.54, 1.807) is 11.1 Å². The molecular formula is C28H48N2. The molecule has 4 atom stereocenters. The van der Waals surface area contributed by atoms with Crippen molar-refractivity contribution < 1.29 is 0 Å². The van der Waals surface area contributed by atoms with Gasteiger partial charge in [0.1, 0.15) is 0 Å². The van der Waals surface area contributed by atoms with Gasteiger partial charge in [-0.1, -0.05) is 66.2 Å². The lowest BCUT2D eigenvalue weighted by Gasteiger charge is -2.55. The molecule has 0 aliphatic heterocycles. The normalized spacial score (nSPS) is 29.7. The summed E-state index contributed by atoms with van der Waals surface area (Å²) in [5.74, 6) is 2.18. The van der Waals surface area contributed by atoms with Crippen molar-refractivity contribution in [3.8, 4) is 0 Å². The molecule has 1 aromatic carbocycles. The number of aryl methyl sites for hydroxylation is 1. The summed E-state index contributed by atoms with van der Waals surface area (Å²) in [6, 6.07) is 8.04. The number of hydrogen-bond donors (Lipinski definition) is 2. The average molecular weight is 413 g/mol. The van der Waals surface area contributed by atoms with E-state index >= 15 is 0 Å². The van der Waals surface area contributed by atoms with Crippen molar-refractivity contribution in [2.75, 3.05) is 19.6 Å². The summed E-state index contributed by atoms with van der Waals surface area (Å²) >= 11 is 0. The third-order valence-corrected chi connectivity index (χ3v) is 8.32. The van der Waals surface area contributed by atoms with Gasteiger partial charge in [0.15, 0.2) is 0 Å². The first-order valence-electron chi connectivity index (χ1n) is 12.7. The standard InChI is InChI=1S/C28H48N2/c1-20(2)17-22(5)30-16-15-29-19-27(6)13-8-14-28(7)25-11-9-23(21(3)4)18-24(25)10-12-26(27)28/h9,11,18,20-22,26,29-30H,8,10,12-17,19H2,1-7H3/t22?,26-,27-,28+/m0/s1. The molecule has 2 aliphatic rings. The maximum Gasteiger partial charge on any atom is 0.00792 e. The average Bonchev–Trinajstić information content (AvgIpc) is 2.66. The fraction of sp³-hybridized carbons (Fsp3) is 0.786. The highest BCUT2D eigenvalue weighted by Gasteiger charge is 2.51. The van der Waals surface area contributed by atoms with Gasteiger partial charge in [0.2, 0.25) is 0 Å². The Balaban J connectivity index is 1.62. The number of fused-ring (bicyclic) bond motifs is 3. The van der Waals surface area contributed by atoms with E-state index in [0.717, 1.165) is 31.5 Å². The SMILES string of the molecule is CC(C)CC(C)NCCNC[C@]1(C)CCC[C@]2(C)c3ccc(C(C)C)cc3CC[C@@H]12. The minimum Gasteiger partial charge on any atom is -0.315 e. The predicted molar refractivity (Wildman–Crippen MR) is 131 cm³/mol. The Morgan fingerprint density at radius 3 is 2.50 bits per heavy atom. The Morgan fingerprint density at radius 2 is 1.80 bits per heavy atom. The van der Waals surface area contributed by atoms with Gasteiger partial charge in [0, 0.05) is 25.7 Å².